The zero-order valence-electron chi connectivity index (χ0n) is 9.83. The van der Waals surface area contributed by atoms with Gasteiger partial charge in [-0.2, -0.15) is 0 Å². The van der Waals surface area contributed by atoms with Crippen LogP contribution in [0.5, 0.6) is 0 Å². The molecule has 1 saturated heterocycles. The van der Waals surface area contributed by atoms with E-state index in [2.05, 4.69) is 5.32 Å². The Morgan fingerprint density at radius 2 is 2.00 bits per heavy atom. The van der Waals surface area contributed by atoms with Crippen LogP contribution in [0.25, 0.3) is 0 Å². The van der Waals surface area contributed by atoms with Crippen molar-refractivity contribution in [2.45, 2.75) is 37.8 Å². The monoisotopic (exact) mass is 255 g/mol. The molecule has 0 bridgehead atoms. The second kappa shape index (κ2) is 5.44. The summed E-state index contributed by atoms with van der Waals surface area (Å²) >= 11 is 0. The van der Waals surface area contributed by atoms with Gasteiger partial charge in [0.25, 0.3) is 0 Å². The molecule has 18 heavy (non-hydrogen) atoms. The Kier molecular flexibility index (Phi) is 3.91. The van der Waals surface area contributed by atoms with Gasteiger partial charge < -0.3 is 10.4 Å². The first-order valence-corrected chi connectivity index (χ1v) is 5.99. The van der Waals surface area contributed by atoms with E-state index in [1.54, 1.807) is 0 Å². The zero-order chi connectivity index (χ0) is 13.1. The molecular weight excluding hydrogens is 240 g/mol. The Morgan fingerprint density at radius 1 is 1.33 bits per heavy atom. The highest BCUT2D eigenvalue weighted by Crippen LogP contribution is 2.20. The van der Waals surface area contributed by atoms with E-state index < -0.39 is 23.6 Å². The number of nitrogens with one attached hydrogen (secondary N) is 1. The molecular formula is C13H15F2NO2. The van der Waals surface area contributed by atoms with Crippen LogP contribution in [-0.4, -0.2) is 23.2 Å². The summed E-state index contributed by atoms with van der Waals surface area (Å²) in [5.74, 6) is -2.06. The molecule has 1 aliphatic rings. The molecule has 2 N–H and O–H groups in total. The quantitative estimate of drug-likeness (QED) is 0.869. The van der Waals surface area contributed by atoms with Crippen molar-refractivity contribution in [2.75, 3.05) is 0 Å². The number of hydrogen-bond donors (Lipinski definition) is 2. The van der Waals surface area contributed by atoms with E-state index in [1.165, 1.54) is 18.2 Å². The van der Waals surface area contributed by atoms with E-state index in [9.17, 15) is 13.6 Å². The largest absolute Gasteiger partial charge is 0.480 e. The molecule has 1 fully saturated rings. The van der Waals surface area contributed by atoms with Gasteiger partial charge in [0, 0.05) is 11.6 Å². The SMILES string of the molecule is O=C(O)C1CCCC(Cc2c(F)cccc2F)N1. The minimum absolute atomic E-state index is 0.0287. The van der Waals surface area contributed by atoms with Gasteiger partial charge in [0.05, 0.1) is 0 Å². The maximum absolute atomic E-state index is 13.5. The lowest BCUT2D eigenvalue weighted by molar-refractivity contribution is -0.140. The Bertz CT molecular complexity index is 430. The number of hydrogen-bond acceptors (Lipinski definition) is 2. The molecule has 0 radical (unpaired) electrons. The van der Waals surface area contributed by atoms with Crippen LogP contribution in [0, 0.1) is 11.6 Å². The molecule has 2 rings (SSSR count). The van der Waals surface area contributed by atoms with Gasteiger partial charge in [-0.1, -0.05) is 6.07 Å². The van der Waals surface area contributed by atoms with E-state index in [0.717, 1.165) is 12.8 Å². The Labute approximate surface area is 104 Å². The Hall–Kier alpha value is -1.49. The van der Waals surface area contributed by atoms with Gasteiger partial charge in [-0.15, -0.1) is 0 Å². The van der Waals surface area contributed by atoms with Crippen molar-refractivity contribution < 1.29 is 18.7 Å². The number of carboxylic acids is 1. The van der Waals surface area contributed by atoms with Crippen LogP contribution in [0.3, 0.4) is 0 Å². The third kappa shape index (κ3) is 2.85. The van der Waals surface area contributed by atoms with E-state index >= 15 is 0 Å². The number of halogens is 2. The molecule has 98 valence electrons. The maximum Gasteiger partial charge on any atom is 0.320 e. The van der Waals surface area contributed by atoms with Crippen LogP contribution in [0.1, 0.15) is 24.8 Å². The average Bonchev–Trinajstić information content (AvgIpc) is 2.34. The fourth-order valence-corrected chi connectivity index (χ4v) is 2.35. The normalized spacial score (nSPS) is 23.9. The predicted molar refractivity (Wildman–Crippen MR) is 62.3 cm³/mol. The zero-order valence-corrected chi connectivity index (χ0v) is 9.83. The summed E-state index contributed by atoms with van der Waals surface area (Å²) in [5, 5.41) is 11.8. The molecule has 1 heterocycles. The lowest BCUT2D eigenvalue weighted by Gasteiger charge is -2.28. The molecule has 2 unspecified atom stereocenters. The second-order valence-corrected chi connectivity index (χ2v) is 4.59. The smallest absolute Gasteiger partial charge is 0.320 e. The lowest BCUT2D eigenvalue weighted by atomic mass is 9.93. The molecule has 0 spiro atoms. The molecule has 1 aliphatic heterocycles. The fourth-order valence-electron chi connectivity index (χ4n) is 2.35. The predicted octanol–water partition coefficient (Wildman–Crippen LogP) is 2.10. The van der Waals surface area contributed by atoms with Gasteiger partial charge in [0.15, 0.2) is 0 Å². The van der Waals surface area contributed by atoms with Crippen molar-refractivity contribution >= 4 is 5.97 Å². The molecule has 0 saturated carbocycles. The number of rotatable bonds is 3. The van der Waals surface area contributed by atoms with Crippen LogP contribution in [-0.2, 0) is 11.2 Å². The van der Waals surface area contributed by atoms with Gasteiger partial charge in [-0.25, -0.2) is 8.78 Å². The first-order chi connectivity index (χ1) is 8.58. The topological polar surface area (TPSA) is 49.3 Å². The molecule has 3 nitrogen and oxygen atoms in total. The van der Waals surface area contributed by atoms with Gasteiger partial charge in [0.2, 0.25) is 0 Å². The van der Waals surface area contributed by atoms with Crippen molar-refractivity contribution in [2.24, 2.45) is 0 Å². The molecule has 0 aromatic heterocycles. The summed E-state index contributed by atoms with van der Waals surface area (Å²) in [6, 6.07) is 2.96. The number of aliphatic carboxylic acids is 1. The molecule has 1 aromatic carbocycles. The number of piperidine rings is 1. The number of carbonyl (C=O) groups is 1. The van der Waals surface area contributed by atoms with Crippen LogP contribution in [0.15, 0.2) is 18.2 Å². The summed E-state index contributed by atoms with van der Waals surface area (Å²) in [4.78, 5) is 10.9. The van der Waals surface area contributed by atoms with Crippen LogP contribution in [0.2, 0.25) is 0 Å². The van der Waals surface area contributed by atoms with Crippen molar-refractivity contribution in [3.05, 3.63) is 35.4 Å². The van der Waals surface area contributed by atoms with E-state index in [0.29, 0.717) is 6.42 Å². The van der Waals surface area contributed by atoms with E-state index in [1.807, 2.05) is 0 Å². The average molecular weight is 255 g/mol. The summed E-state index contributed by atoms with van der Waals surface area (Å²) in [5.41, 5.74) is 0.0287. The summed E-state index contributed by atoms with van der Waals surface area (Å²) < 4.78 is 27.0. The van der Waals surface area contributed by atoms with Gasteiger partial charge in [0.1, 0.15) is 17.7 Å². The highest BCUT2D eigenvalue weighted by Gasteiger charge is 2.27. The van der Waals surface area contributed by atoms with Gasteiger partial charge >= 0.3 is 5.97 Å². The molecule has 0 aliphatic carbocycles. The van der Waals surface area contributed by atoms with Crippen molar-refractivity contribution in [1.29, 1.82) is 0 Å². The summed E-state index contributed by atoms with van der Waals surface area (Å²) in [6.45, 7) is 0. The van der Waals surface area contributed by atoms with Gasteiger partial charge in [-0.3, -0.25) is 4.79 Å². The summed E-state index contributed by atoms with van der Waals surface area (Å²) in [7, 11) is 0. The highest BCUT2D eigenvalue weighted by molar-refractivity contribution is 5.73. The van der Waals surface area contributed by atoms with Crippen LogP contribution in [0.4, 0.5) is 8.78 Å². The lowest BCUT2D eigenvalue weighted by Crippen LogP contribution is -2.47. The van der Waals surface area contributed by atoms with E-state index in [-0.39, 0.29) is 18.0 Å². The fraction of sp³-hybridized carbons (Fsp3) is 0.462. The first kappa shape index (κ1) is 13.0. The Balaban J connectivity index is 2.07. The first-order valence-electron chi connectivity index (χ1n) is 5.99. The van der Waals surface area contributed by atoms with Crippen molar-refractivity contribution in [3.8, 4) is 0 Å². The standard InChI is InChI=1S/C13H15F2NO2/c14-10-4-2-5-11(15)9(10)7-8-3-1-6-12(16-8)13(17)18/h2,4-5,8,12,16H,1,3,6-7H2,(H,17,18). The molecule has 0 amide bonds. The molecule has 5 heteroatoms. The number of carboxylic acid groups (broad SMARTS) is 1. The highest BCUT2D eigenvalue weighted by atomic mass is 19.1. The van der Waals surface area contributed by atoms with Crippen LogP contribution >= 0.6 is 0 Å². The molecule has 2 atom stereocenters. The van der Waals surface area contributed by atoms with E-state index in [4.69, 9.17) is 5.11 Å². The van der Waals surface area contributed by atoms with Crippen LogP contribution < -0.4 is 5.32 Å². The molecule has 1 aromatic rings. The van der Waals surface area contributed by atoms with Crippen molar-refractivity contribution in [3.63, 3.8) is 0 Å². The summed E-state index contributed by atoms with van der Waals surface area (Å²) in [6.07, 6.45) is 2.23. The van der Waals surface area contributed by atoms with Gasteiger partial charge in [-0.05, 0) is 37.8 Å². The maximum atomic E-state index is 13.5. The van der Waals surface area contributed by atoms with Crippen molar-refractivity contribution in [1.82, 2.24) is 5.32 Å². The third-order valence-corrected chi connectivity index (χ3v) is 3.29. The Morgan fingerprint density at radius 3 is 2.61 bits per heavy atom. The second-order valence-electron chi connectivity index (χ2n) is 4.59. The third-order valence-electron chi connectivity index (χ3n) is 3.29. The number of benzene rings is 1. The minimum atomic E-state index is -0.909. The minimum Gasteiger partial charge on any atom is -0.480 e.